The summed E-state index contributed by atoms with van der Waals surface area (Å²) in [7, 11) is -8.04. The predicted octanol–water partition coefficient (Wildman–Crippen LogP) is -5.06. The maximum Gasteiger partial charge on any atom is 1.00 e. The minimum atomic E-state index is -4.58. The molecule has 0 atom stereocenters. The van der Waals surface area contributed by atoms with E-state index in [4.69, 9.17) is 0 Å². The van der Waals surface area contributed by atoms with Crippen LogP contribution in [0.1, 0.15) is 27.7 Å². The molecule has 98 valence electrons. The molecule has 0 aromatic carbocycles. The van der Waals surface area contributed by atoms with E-state index in [9.17, 15) is 25.9 Å². The van der Waals surface area contributed by atoms with Crippen molar-refractivity contribution in [2.45, 2.75) is 35.9 Å². The molecule has 0 heterocycles. The number of rotatable bonds is 5. The fraction of sp³-hybridized carbons (Fsp3) is 1.00. The smallest absolute Gasteiger partial charge is 0.747 e. The van der Waals surface area contributed by atoms with E-state index in [1.807, 2.05) is 0 Å². The van der Waals surface area contributed by atoms with E-state index >= 15 is 0 Å². The fourth-order valence-electron chi connectivity index (χ4n) is 0.284. The molecule has 0 spiro atoms. The summed E-state index contributed by atoms with van der Waals surface area (Å²) >= 11 is 0. The van der Waals surface area contributed by atoms with Crippen LogP contribution in [-0.2, 0) is 20.2 Å². The van der Waals surface area contributed by atoms with Gasteiger partial charge in [0.25, 0.3) is 0 Å². The molecule has 0 aliphatic carbocycles. The van der Waals surface area contributed by atoms with Gasteiger partial charge in [-0.05, 0) is 27.7 Å². The summed E-state index contributed by atoms with van der Waals surface area (Å²) < 4.78 is 61.4. The number of hydrogen-bond donors (Lipinski definition) is 0. The van der Waals surface area contributed by atoms with Gasteiger partial charge in [-0.15, -0.1) is 0 Å². The fourth-order valence-corrected chi connectivity index (χ4v) is 4.67. The maximum absolute atomic E-state index is 10.8. The van der Waals surface area contributed by atoms with Gasteiger partial charge in [-0.25, -0.2) is 16.8 Å². The monoisotopic (exact) mass is 354 g/mol. The van der Waals surface area contributed by atoms with Crippen molar-refractivity contribution in [2.75, 3.05) is 0 Å². The van der Waals surface area contributed by atoms with Crippen LogP contribution in [0, 0.1) is 0 Å². The van der Waals surface area contributed by atoms with E-state index in [0.29, 0.717) is 21.6 Å². The molecule has 0 unspecified atom stereocenters. The van der Waals surface area contributed by atoms with Crippen LogP contribution in [-0.4, -0.2) is 34.1 Å². The minimum Gasteiger partial charge on any atom is -0.747 e. The summed E-state index contributed by atoms with van der Waals surface area (Å²) in [5.74, 6) is 0. The molecule has 0 aromatic rings. The Morgan fingerprint density at radius 1 is 0.722 bits per heavy atom. The van der Waals surface area contributed by atoms with Gasteiger partial charge in [-0.3, -0.25) is 0 Å². The maximum atomic E-state index is 10.8. The minimum absolute atomic E-state index is 0. The van der Waals surface area contributed by atoms with Crippen molar-refractivity contribution in [1.29, 1.82) is 0 Å². The van der Waals surface area contributed by atoms with Crippen LogP contribution >= 0.6 is 21.6 Å². The molecule has 0 bridgehead atoms. The van der Waals surface area contributed by atoms with Gasteiger partial charge in [-0.2, -0.15) is 0 Å². The van der Waals surface area contributed by atoms with Crippen LogP contribution < -0.4 is 59.1 Å². The van der Waals surface area contributed by atoms with Gasteiger partial charge in [0.2, 0.25) is 0 Å². The Kier molecular flexibility index (Phi) is 11.6. The second-order valence-electron chi connectivity index (χ2n) is 3.87. The van der Waals surface area contributed by atoms with Gasteiger partial charge in [0, 0.05) is 0 Å². The van der Waals surface area contributed by atoms with Crippen LogP contribution in [0.2, 0.25) is 0 Å². The van der Waals surface area contributed by atoms with E-state index in [-0.39, 0.29) is 59.1 Å². The standard InChI is InChI=1S/C6H14O6S4.2Na/c1-5(2,15(7,8)9)13-14-6(3,4)16(10,11)12;;/h1-4H3,(H,7,8,9)(H,10,11,12);;/q;2*+1/p-2. The Morgan fingerprint density at radius 2 is 0.889 bits per heavy atom. The molecule has 0 radical (unpaired) electrons. The van der Waals surface area contributed by atoms with Crippen molar-refractivity contribution >= 4 is 41.8 Å². The molecule has 12 heteroatoms. The first-order valence-electron chi connectivity index (χ1n) is 3.98. The van der Waals surface area contributed by atoms with Gasteiger partial charge in [0.05, 0.1) is 0 Å². The molecule has 6 nitrogen and oxygen atoms in total. The second kappa shape index (κ2) is 8.23. The Balaban J connectivity index is -0.00000112. The van der Waals surface area contributed by atoms with Crippen LogP contribution in [0.5, 0.6) is 0 Å². The average molecular weight is 354 g/mol. The van der Waals surface area contributed by atoms with Crippen LogP contribution in [0.25, 0.3) is 0 Å². The zero-order chi connectivity index (χ0) is 13.4. The molecule has 0 rings (SSSR count). The molecule has 0 aliphatic rings. The van der Waals surface area contributed by atoms with E-state index < -0.39 is 28.4 Å². The van der Waals surface area contributed by atoms with Gasteiger partial charge in [0.1, 0.15) is 28.4 Å². The van der Waals surface area contributed by atoms with Gasteiger partial charge < -0.3 is 9.11 Å². The summed E-state index contributed by atoms with van der Waals surface area (Å²) in [6, 6.07) is 0. The normalized spacial score (nSPS) is 13.4. The first-order chi connectivity index (χ1) is 6.71. The van der Waals surface area contributed by atoms with Crippen molar-refractivity contribution in [1.82, 2.24) is 0 Å². The van der Waals surface area contributed by atoms with Crippen LogP contribution in [0.15, 0.2) is 0 Å². The molecule has 0 saturated carbocycles. The van der Waals surface area contributed by atoms with E-state index in [2.05, 4.69) is 0 Å². The summed E-state index contributed by atoms with van der Waals surface area (Å²) in [6.07, 6.45) is 0. The Morgan fingerprint density at radius 3 is 1.00 bits per heavy atom. The molecular formula is C6H12Na2O6S4. The molecular weight excluding hydrogens is 342 g/mol. The topological polar surface area (TPSA) is 114 Å². The van der Waals surface area contributed by atoms with Crippen molar-refractivity contribution in [3.05, 3.63) is 0 Å². The third kappa shape index (κ3) is 7.51. The predicted molar refractivity (Wildman–Crippen MR) is 62.7 cm³/mol. The first kappa shape index (κ1) is 25.5. The van der Waals surface area contributed by atoms with Crippen LogP contribution in [0.3, 0.4) is 0 Å². The van der Waals surface area contributed by atoms with Crippen molar-refractivity contribution in [3.63, 3.8) is 0 Å². The summed E-state index contributed by atoms with van der Waals surface area (Å²) in [5.41, 5.74) is 0. The third-order valence-corrected chi connectivity index (χ3v) is 10.0. The quantitative estimate of drug-likeness (QED) is 0.274. The Hall–Kier alpha value is 2.52. The first-order valence-corrected chi connectivity index (χ1v) is 8.95. The van der Waals surface area contributed by atoms with Gasteiger partial charge >= 0.3 is 59.1 Å². The van der Waals surface area contributed by atoms with E-state index in [0.717, 1.165) is 27.7 Å². The number of hydrogen-bond acceptors (Lipinski definition) is 8. The van der Waals surface area contributed by atoms with E-state index in [1.165, 1.54) is 0 Å². The average Bonchev–Trinajstić information content (AvgIpc) is 1.97. The van der Waals surface area contributed by atoms with Crippen molar-refractivity contribution in [3.8, 4) is 0 Å². The molecule has 0 saturated heterocycles. The van der Waals surface area contributed by atoms with Gasteiger partial charge in [-0.1, -0.05) is 21.6 Å². The summed E-state index contributed by atoms with van der Waals surface area (Å²) in [6.45, 7) is 4.61. The second-order valence-corrected chi connectivity index (χ2v) is 11.6. The summed E-state index contributed by atoms with van der Waals surface area (Å²) in [4.78, 5) is 0. The Bertz CT molecular complexity index is 410. The summed E-state index contributed by atoms with van der Waals surface area (Å²) in [5, 5.41) is 0. The zero-order valence-electron chi connectivity index (χ0n) is 11.1. The van der Waals surface area contributed by atoms with Gasteiger partial charge in [0.15, 0.2) is 0 Å². The molecule has 0 N–H and O–H groups in total. The van der Waals surface area contributed by atoms with Crippen molar-refractivity contribution in [2.24, 2.45) is 0 Å². The van der Waals surface area contributed by atoms with Crippen molar-refractivity contribution < 1.29 is 85.1 Å². The zero-order valence-corrected chi connectivity index (χ0v) is 18.3. The molecule has 0 aromatic heterocycles. The van der Waals surface area contributed by atoms with Crippen LogP contribution in [0.4, 0.5) is 0 Å². The SMILES string of the molecule is CC(C)(SSC(C)(C)S(=O)(=O)[O-])S(=O)(=O)[O-].[Na+].[Na+]. The van der Waals surface area contributed by atoms with E-state index in [1.54, 1.807) is 0 Å². The molecule has 18 heavy (non-hydrogen) atoms. The molecule has 0 amide bonds. The molecule has 0 fully saturated rings. The Labute approximate surface area is 160 Å². The molecule has 0 aliphatic heterocycles. The largest absolute Gasteiger partial charge is 1.00 e. The third-order valence-electron chi connectivity index (χ3n) is 1.65.